The first-order valence-electron chi connectivity index (χ1n) is 8.78. The summed E-state index contributed by atoms with van der Waals surface area (Å²) in [5.41, 5.74) is 1.25. The molecule has 148 valence electrons. The number of rotatable bonds is 8. The lowest BCUT2D eigenvalue weighted by atomic mass is 10.3. The fourth-order valence-electron chi connectivity index (χ4n) is 2.76. The summed E-state index contributed by atoms with van der Waals surface area (Å²) in [6.45, 7) is 4.71. The number of guanidine groups is 1. The fraction of sp³-hybridized carbons (Fsp3) is 0.588. The molecule has 0 spiro atoms. The Hall–Kier alpha value is -1.07. The normalized spacial score (nSPS) is 17.7. The van der Waals surface area contributed by atoms with E-state index in [0.717, 1.165) is 25.5 Å². The van der Waals surface area contributed by atoms with Crippen molar-refractivity contribution in [1.29, 1.82) is 0 Å². The fourth-order valence-corrected chi connectivity index (χ4v) is 3.42. The van der Waals surface area contributed by atoms with Gasteiger partial charge in [-0.05, 0) is 31.9 Å². The van der Waals surface area contributed by atoms with Gasteiger partial charge in [0, 0.05) is 45.0 Å². The smallest absolute Gasteiger partial charge is 0.211 e. The van der Waals surface area contributed by atoms with Crippen LogP contribution in [-0.2, 0) is 10.0 Å². The highest BCUT2D eigenvalue weighted by molar-refractivity contribution is 14.0. The van der Waals surface area contributed by atoms with Crippen LogP contribution in [0.2, 0.25) is 0 Å². The number of nitrogens with one attached hydrogen (secondary N) is 3. The molecule has 1 heterocycles. The monoisotopic (exact) mass is 495 g/mol. The SMILES string of the molecule is CCS(=O)(=O)NCCCNC(=NC)NC1CCN(c2ccccc2)C1.I. The zero-order valence-corrected chi connectivity index (χ0v) is 18.6. The maximum Gasteiger partial charge on any atom is 0.211 e. The first kappa shape index (κ1) is 23.0. The quantitative estimate of drug-likeness (QED) is 0.220. The van der Waals surface area contributed by atoms with Gasteiger partial charge in [0.1, 0.15) is 0 Å². The largest absolute Gasteiger partial charge is 0.369 e. The minimum atomic E-state index is -3.11. The molecule has 26 heavy (non-hydrogen) atoms. The van der Waals surface area contributed by atoms with E-state index < -0.39 is 10.0 Å². The minimum absolute atomic E-state index is 0. The second-order valence-electron chi connectivity index (χ2n) is 6.06. The van der Waals surface area contributed by atoms with Crippen molar-refractivity contribution in [2.45, 2.75) is 25.8 Å². The zero-order chi connectivity index (χ0) is 18.1. The molecule has 1 fully saturated rings. The van der Waals surface area contributed by atoms with Crippen LogP contribution in [0.4, 0.5) is 5.69 Å². The number of benzene rings is 1. The summed E-state index contributed by atoms with van der Waals surface area (Å²) in [6, 6.07) is 10.8. The van der Waals surface area contributed by atoms with Gasteiger partial charge in [0.2, 0.25) is 10.0 Å². The highest BCUT2D eigenvalue weighted by atomic mass is 127. The molecule has 9 heteroatoms. The van der Waals surface area contributed by atoms with Crippen LogP contribution in [0.3, 0.4) is 0 Å². The molecule has 0 radical (unpaired) electrons. The Kier molecular flexibility index (Phi) is 10.3. The predicted molar refractivity (Wildman–Crippen MR) is 119 cm³/mol. The molecule has 1 aromatic carbocycles. The van der Waals surface area contributed by atoms with Gasteiger partial charge in [-0.15, -0.1) is 24.0 Å². The standard InChI is InChI=1S/C17H29N5O2S.HI/c1-3-25(23,24)20-12-7-11-19-17(18-2)21-15-10-13-22(14-15)16-8-5-4-6-9-16;/h4-6,8-9,15,20H,3,7,10-14H2,1-2H3,(H2,18,19,21);1H. The van der Waals surface area contributed by atoms with Crippen LogP contribution in [0.1, 0.15) is 19.8 Å². The summed E-state index contributed by atoms with van der Waals surface area (Å²) in [5, 5.41) is 6.68. The molecule has 7 nitrogen and oxygen atoms in total. The van der Waals surface area contributed by atoms with Gasteiger partial charge in [-0.1, -0.05) is 18.2 Å². The topological polar surface area (TPSA) is 85.8 Å². The Morgan fingerprint density at radius 2 is 2.00 bits per heavy atom. The van der Waals surface area contributed by atoms with Crippen LogP contribution in [0.25, 0.3) is 0 Å². The zero-order valence-electron chi connectivity index (χ0n) is 15.4. The number of sulfonamides is 1. The third-order valence-electron chi connectivity index (χ3n) is 4.22. The summed E-state index contributed by atoms with van der Waals surface area (Å²) < 4.78 is 25.3. The molecule has 1 aliphatic rings. The number of hydrogen-bond acceptors (Lipinski definition) is 4. The van der Waals surface area contributed by atoms with E-state index in [-0.39, 0.29) is 29.7 Å². The van der Waals surface area contributed by atoms with Crippen LogP contribution < -0.4 is 20.3 Å². The molecule has 1 aliphatic heterocycles. The molecular formula is C17H30IN5O2S. The average Bonchev–Trinajstić information content (AvgIpc) is 3.09. The number of nitrogens with zero attached hydrogens (tertiary/aromatic N) is 2. The van der Waals surface area contributed by atoms with Gasteiger partial charge >= 0.3 is 0 Å². The van der Waals surface area contributed by atoms with Crippen molar-refractivity contribution in [3.8, 4) is 0 Å². The lowest BCUT2D eigenvalue weighted by Gasteiger charge is -2.20. The van der Waals surface area contributed by atoms with E-state index in [1.165, 1.54) is 5.69 Å². The molecule has 0 aliphatic carbocycles. The van der Waals surface area contributed by atoms with Gasteiger partial charge in [0.05, 0.1) is 5.75 Å². The second-order valence-corrected chi connectivity index (χ2v) is 8.16. The van der Waals surface area contributed by atoms with E-state index in [1.54, 1.807) is 14.0 Å². The summed E-state index contributed by atoms with van der Waals surface area (Å²) in [5.74, 6) is 0.877. The molecule has 1 aromatic rings. The molecule has 1 atom stereocenters. The van der Waals surface area contributed by atoms with Crippen molar-refractivity contribution >= 4 is 45.6 Å². The Bertz CT molecular complexity index is 654. The maximum atomic E-state index is 11.4. The van der Waals surface area contributed by atoms with Crippen molar-refractivity contribution in [2.24, 2.45) is 4.99 Å². The second kappa shape index (κ2) is 11.6. The first-order chi connectivity index (χ1) is 12.0. The Labute approximate surface area is 174 Å². The number of aliphatic imine (C=N–C) groups is 1. The summed E-state index contributed by atoms with van der Waals surface area (Å²) in [4.78, 5) is 6.61. The van der Waals surface area contributed by atoms with Gasteiger partial charge in [-0.25, -0.2) is 13.1 Å². The van der Waals surface area contributed by atoms with E-state index in [2.05, 4.69) is 49.5 Å². The van der Waals surface area contributed by atoms with Gasteiger partial charge < -0.3 is 15.5 Å². The molecule has 0 saturated carbocycles. The van der Waals surface area contributed by atoms with Crippen molar-refractivity contribution in [2.75, 3.05) is 43.9 Å². The van der Waals surface area contributed by atoms with E-state index in [9.17, 15) is 8.42 Å². The Morgan fingerprint density at radius 3 is 2.65 bits per heavy atom. The highest BCUT2D eigenvalue weighted by Crippen LogP contribution is 2.19. The Balaban J connectivity index is 0.00000338. The number of para-hydroxylation sites is 1. The van der Waals surface area contributed by atoms with E-state index in [4.69, 9.17) is 0 Å². The molecule has 2 rings (SSSR count). The summed E-state index contributed by atoms with van der Waals surface area (Å²) in [6.07, 6.45) is 1.77. The van der Waals surface area contributed by atoms with E-state index in [1.807, 2.05) is 6.07 Å². The van der Waals surface area contributed by atoms with Crippen molar-refractivity contribution in [3.05, 3.63) is 30.3 Å². The molecule has 0 amide bonds. The van der Waals surface area contributed by atoms with Gasteiger partial charge in [0.15, 0.2) is 5.96 Å². The van der Waals surface area contributed by atoms with E-state index >= 15 is 0 Å². The number of hydrogen-bond donors (Lipinski definition) is 3. The van der Waals surface area contributed by atoms with Crippen LogP contribution in [0.5, 0.6) is 0 Å². The summed E-state index contributed by atoms with van der Waals surface area (Å²) in [7, 11) is -1.36. The molecule has 0 bridgehead atoms. The average molecular weight is 495 g/mol. The molecule has 3 N–H and O–H groups in total. The van der Waals surface area contributed by atoms with Crippen molar-refractivity contribution < 1.29 is 8.42 Å². The van der Waals surface area contributed by atoms with Crippen LogP contribution in [0, 0.1) is 0 Å². The molecule has 0 aromatic heterocycles. The minimum Gasteiger partial charge on any atom is -0.369 e. The van der Waals surface area contributed by atoms with Crippen molar-refractivity contribution in [3.63, 3.8) is 0 Å². The molecule has 1 saturated heterocycles. The predicted octanol–water partition coefficient (Wildman–Crippen LogP) is 1.38. The lowest BCUT2D eigenvalue weighted by Crippen LogP contribution is -2.45. The van der Waals surface area contributed by atoms with E-state index in [0.29, 0.717) is 25.6 Å². The maximum absolute atomic E-state index is 11.4. The van der Waals surface area contributed by atoms with Gasteiger partial charge in [-0.3, -0.25) is 4.99 Å². The first-order valence-corrected chi connectivity index (χ1v) is 10.4. The third-order valence-corrected chi connectivity index (χ3v) is 5.63. The Morgan fingerprint density at radius 1 is 1.27 bits per heavy atom. The number of anilines is 1. The third kappa shape index (κ3) is 7.67. The molecular weight excluding hydrogens is 465 g/mol. The summed E-state index contributed by atoms with van der Waals surface area (Å²) >= 11 is 0. The van der Waals surface area contributed by atoms with Gasteiger partial charge in [0.25, 0.3) is 0 Å². The van der Waals surface area contributed by atoms with Crippen LogP contribution in [0.15, 0.2) is 35.3 Å². The van der Waals surface area contributed by atoms with Crippen molar-refractivity contribution in [1.82, 2.24) is 15.4 Å². The van der Waals surface area contributed by atoms with Gasteiger partial charge in [-0.2, -0.15) is 0 Å². The molecule has 1 unspecified atom stereocenters. The van der Waals surface area contributed by atoms with Crippen LogP contribution >= 0.6 is 24.0 Å². The number of halogens is 1. The highest BCUT2D eigenvalue weighted by Gasteiger charge is 2.23. The van der Waals surface area contributed by atoms with Crippen LogP contribution in [-0.4, -0.2) is 59.4 Å². The lowest BCUT2D eigenvalue weighted by molar-refractivity contribution is 0.579.